The van der Waals surface area contributed by atoms with Gasteiger partial charge in [-0.3, -0.25) is 9.69 Å². The average Bonchev–Trinajstić information content (AvgIpc) is 3.10. The summed E-state index contributed by atoms with van der Waals surface area (Å²) in [5, 5.41) is 1.20. The van der Waals surface area contributed by atoms with E-state index in [1.54, 1.807) is 4.90 Å². The minimum absolute atomic E-state index is 0.229. The van der Waals surface area contributed by atoms with E-state index in [0.717, 1.165) is 17.6 Å². The van der Waals surface area contributed by atoms with Gasteiger partial charge in [0.25, 0.3) is 0 Å². The molecule has 4 rings (SSSR count). The molecule has 1 N–H and O–H groups in total. The Kier molecular flexibility index (Phi) is 3.98. The maximum atomic E-state index is 12.5. The van der Waals surface area contributed by atoms with Gasteiger partial charge in [-0.05, 0) is 45.7 Å². The molecule has 0 spiro atoms. The third-order valence-corrected chi connectivity index (χ3v) is 5.78. The van der Waals surface area contributed by atoms with Crippen molar-refractivity contribution >= 4 is 23.0 Å². The number of cyclic esters (lactones) is 1. The van der Waals surface area contributed by atoms with Gasteiger partial charge in [-0.25, -0.2) is 4.79 Å². The molecule has 0 unspecified atom stereocenters. The lowest BCUT2D eigenvalue weighted by molar-refractivity contribution is -0.153. The van der Waals surface area contributed by atoms with Gasteiger partial charge < -0.3 is 14.5 Å². The van der Waals surface area contributed by atoms with Crippen molar-refractivity contribution in [3.63, 3.8) is 0 Å². The second kappa shape index (κ2) is 6.01. The first-order chi connectivity index (χ1) is 12.7. The van der Waals surface area contributed by atoms with Gasteiger partial charge in [0.15, 0.2) is 0 Å². The number of rotatable bonds is 3. The third-order valence-electron chi connectivity index (χ3n) is 5.78. The zero-order valence-corrected chi connectivity index (χ0v) is 16.3. The lowest BCUT2D eigenvalue weighted by atomic mass is 9.82. The number of benzene rings is 1. The van der Waals surface area contributed by atoms with Crippen LogP contribution in [0.3, 0.4) is 0 Å². The summed E-state index contributed by atoms with van der Waals surface area (Å²) in [6.45, 7) is 8.38. The van der Waals surface area contributed by atoms with Crippen molar-refractivity contribution in [1.82, 2.24) is 9.88 Å². The van der Waals surface area contributed by atoms with Gasteiger partial charge in [0, 0.05) is 29.6 Å². The van der Waals surface area contributed by atoms with E-state index in [2.05, 4.69) is 17.1 Å². The lowest BCUT2D eigenvalue weighted by Gasteiger charge is -2.39. The van der Waals surface area contributed by atoms with Gasteiger partial charge in [-0.1, -0.05) is 18.2 Å². The molecule has 3 heterocycles. The summed E-state index contributed by atoms with van der Waals surface area (Å²) in [6.07, 6.45) is 0.601. The molecule has 0 aliphatic carbocycles. The van der Waals surface area contributed by atoms with E-state index >= 15 is 0 Å². The standard InChI is InChI=1S/C21H26N2O4/c1-20(2,3)18(24)26-12-10-16-21(4)17-14(9-11-23(21)19(25)27-16)13-7-5-6-8-15(13)22-17/h5-8,16,22H,9-12H2,1-4H3/t16-,21+/m0/s1. The number of carbonyl (C=O) groups is 2. The number of nitrogens with one attached hydrogen (secondary N) is 1. The van der Waals surface area contributed by atoms with Gasteiger partial charge in [0.2, 0.25) is 0 Å². The fourth-order valence-electron chi connectivity index (χ4n) is 4.21. The Morgan fingerprint density at radius 1 is 1.37 bits per heavy atom. The number of hydrogen-bond acceptors (Lipinski definition) is 4. The van der Waals surface area contributed by atoms with Gasteiger partial charge in [0.05, 0.1) is 12.0 Å². The summed E-state index contributed by atoms with van der Waals surface area (Å²) in [6, 6.07) is 8.20. The second-order valence-electron chi connectivity index (χ2n) is 8.62. The smallest absolute Gasteiger partial charge is 0.411 e. The number of nitrogens with zero attached hydrogens (tertiary/aromatic N) is 1. The quantitative estimate of drug-likeness (QED) is 0.836. The molecule has 1 fully saturated rings. The molecule has 0 bridgehead atoms. The Bertz CT molecular complexity index is 911. The third kappa shape index (κ3) is 2.69. The van der Waals surface area contributed by atoms with Crippen LogP contribution in [0, 0.1) is 5.41 Å². The van der Waals surface area contributed by atoms with Crippen LogP contribution >= 0.6 is 0 Å². The molecule has 0 radical (unpaired) electrons. The zero-order chi connectivity index (χ0) is 19.4. The molecule has 6 heteroatoms. The maximum Gasteiger partial charge on any atom is 0.411 e. The van der Waals surface area contributed by atoms with Crippen LogP contribution in [-0.4, -0.2) is 41.2 Å². The number of esters is 1. The fourth-order valence-corrected chi connectivity index (χ4v) is 4.21. The summed E-state index contributed by atoms with van der Waals surface area (Å²) in [4.78, 5) is 29.8. The number of H-pyrrole nitrogens is 1. The van der Waals surface area contributed by atoms with Crippen molar-refractivity contribution in [1.29, 1.82) is 0 Å². The predicted molar refractivity (Wildman–Crippen MR) is 101 cm³/mol. The van der Waals surface area contributed by atoms with Crippen LogP contribution in [0.4, 0.5) is 4.79 Å². The molecule has 2 atom stereocenters. The zero-order valence-electron chi connectivity index (χ0n) is 16.3. The molecule has 2 aromatic rings. The highest BCUT2D eigenvalue weighted by molar-refractivity contribution is 5.86. The number of amides is 1. The van der Waals surface area contributed by atoms with Crippen LogP contribution in [0.25, 0.3) is 10.9 Å². The molecular weight excluding hydrogens is 344 g/mol. The normalized spacial score (nSPS) is 24.5. The predicted octanol–water partition coefficient (Wildman–Crippen LogP) is 3.74. The van der Waals surface area contributed by atoms with E-state index in [9.17, 15) is 9.59 Å². The largest absolute Gasteiger partial charge is 0.465 e. The van der Waals surface area contributed by atoms with Gasteiger partial charge in [0.1, 0.15) is 11.6 Å². The average molecular weight is 370 g/mol. The number of aromatic amines is 1. The summed E-state index contributed by atoms with van der Waals surface area (Å²) >= 11 is 0. The van der Waals surface area contributed by atoms with E-state index in [4.69, 9.17) is 9.47 Å². The molecule has 2 aliphatic heterocycles. The van der Waals surface area contributed by atoms with E-state index in [1.807, 2.05) is 39.8 Å². The van der Waals surface area contributed by atoms with Crippen molar-refractivity contribution < 1.29 is 19.1 Å². The summed E-state index contributed by atoms with van der Waals surface area (Å²) in [5.41, 5.74) is 2.23. The van der Waals surface area contributed by atoms with Gasteiger partial charge in [-0.15, -0.1) is 0 Å². The van der Waals surface area contributed by atoms with Crippen LogP contribution in [0.5, 0.6) is 0 Å². The molecule has 1 saturated heterocycles. The van der Waals surface area contributed by atoms with Gasteiger partial charge >= 0.3 is 12.1 Å². The Labute approximate surface area is 158 Å². The van der Waals surface area contributed by atoms with Crippen LogP contribution in [0.2, 0.25) is 0 Å². The number of aromatic nitrogens is 1. The highest BCUT2D eigenvalue weighted by Crippen LogP contribution is 2.46. The molecule has 1 aromatic carbocycles. The SMILES string of the molecule is CC(C)(C)C(=O)OCC[C@@H]1OC(=O)N2CCc3c([nH]c4ccccc34)[C@@]12C. The first kappa shape index (κ1) is 17.9. The lowest BCUT2D eigenvalue weighted by Crippen LogP contribution is -2.50. The second-order valence-corrected chi connectivity index (χ2v) is 8.62. The number of para-hydroxylation sites is 1. The molecule has 144 valence electrons. The van der Waals surface area contributed by atoms with Crippen molar-refractivity contribution in [3.8, 4) is 0 Å². The molecule has 1 aromatic heterocycles. The monoisotopic (exact) mass is 370 g/mol. The number of fused-ring (bicyclic) bond motifs is 5. The van der Waals surface area contributed by atoms with Crippen LogP contribution in [-0.2, 0) is 26.2 Å². The number of ether oxygens (including phenoxy) is 2. The maximum absolute atomic E-state index is 12.5. The van der Waals surface area contributed by atoms with Gasteiger partial charge in [-0.2, -0.15) is 0 Å². The number of carbonyl (C=O) groups excluding carboxylic acids is 2. The van der Waals surface area contributed by atoms with E-state index in [-0.39, 0.29) is 24.8 Å². The Morgan fingerprint density at radius 3 is 2.85 bits per heavy atom. The Morgan fingerprint density at radius 2 is 2.11 bits per heavy atom. The first-order valence-corrected chi connectivity index (χ1v) is 9.48. The fraction of sp³-hybridized carbons (Fsp3) is 0.524. The Hall–Kier alpha value is -2.50. The topological polar surface area (TPSA) is 71.6 Å². The molecule has 0 saturated carbocycles. The van der Waals surface area contributed by atoms with Crippen molar-refractivity contribution in [2.45, 2.75) is 52.2 Å². The van der Waals surface area contributed by atoms with E-state index < -0.39 is 11.0 Å². The first-order valence-electron chi connectivity index (χ1n) is 9.48. The van der Waals surface area contributed by atoms with Crippen molar-refractivity contribution in [2.24, 2.45) is 5.41 Å². The molecule has 1 amide bonds. The van der Waals surface area contributed by atoms with E-state index in [1.165, 1.54) is 10.9 Å². The summed E-state index contributed by atoms with van der Waals surface area (Å²) < 4.78 is 11.1. The highest BCUT2D eigenvalue weighted by Gasteiger charge is 2.56. The number of hydrogen-bond donors (Lipinski definition) is 1. The van der Waals surface area contributed by atoms with Crippen LogP contribution in [0.1, 0.15) is 45.4 Å². The molecule has 2 aliphatic rings. The summed E-state index contributed by atoms with van der Waals surface area (Å²) in [7, 11) is 0. The molecular formula is C21H26N2O4. The van der Waals surface area contributed by atoms with Crippen molar-refractivity contribution in [3.05, 3.63) is 35.5 Å². The highest BCUT2D eigenvalue weighted by atomic mass is 16.6. The minimum atomic E-state index is -0.585. The Balaban J connectivity index is 1.63. The van der Waals surface area contributed by atoms with Crippen LogP contribution < -0.4 is 0 Å². The molecule has 6 nitrogen and oxygen atoms in total. The molecule has 27 heavy (non-hydrogen) atoms. The minimum Gasteiger partial charge on any atom is -0.465 e. The van der Waals surface area contributed by atoms with E-state index in [0.29, 0.717) is 13.0 Å². The van der Waals surface area contributed by atoms with Crippen molar-refractivity contribution in [2.75, 3.05) is 13.2 Å². The summed E-state index contributed by atoms with van der Waals surface area (Å²) in [5.74, 6) is -0.247. The van der Waals surface area contributed by atoms with Crippen LogP contribution in [0.15, 0.2) is 24.3 Å².